The van der Waals surface area contributed by atoms with Crippen LogP contribution in [0.5, 0.6) is 0 Å². The summed E-state index contributed by atoms with van der Waals surface area (Å²) in [5.41, 5.74) is 0. The molecule has 0 aliphatic heterocycles. The third-order valence-corrected chi connectivity index (χ3v) is 2.34. The zero-order chi connectivity index (χ0) is 13.0. The second kappa shape index (κ2) is 5.73. The van der Waals surface area contributed by atoms with Gasteiger partial charge >= 0.3 is 0 Å². The van der Waals surface area contributed by atoms with E-state index in [0.717, 1.165) is 4.48 Å². The predicted octanol–water partition coefficient (Wildman–Crippen LogP) is 0.413. The molecule has 0 bridgehead atoms. The molecular weight excluding hydrogens is 245 g/mol. The van der Waals surface area contributed by atoms with Gasteiger partial charge in [0.25, 0.3) is 0 Å². The SMILES string of the molecule is C[N+](C)(C)C.O=S(=O)([O-])c1cccc(P)c1. The van der Waals surface area contributed by atoms with Gasteiger partial charge in [-0.15, -0.1) is 9.24 Å². The third-order valence-electron chi connectivity index (χ3n) is 1.15. The maximum Gasteiger partial charge on any atom is 0.124 e. The Kier molecular flexibility index (Phi) is 5.56. The van der Waals surface area contributed by atoms with E-state index in [9.17, 15) is 13.0 Å². The van der Waals surface area contributed by atoms with Gasteiger partial charge in [-0.1, -0.05) is 12.1 Å². The van der Waals surface area contributed by atoms with Crippen molar-refractivity contribution in [3.8, 4) is 0 Å². The lowest BCUT2D eigenvalue weighted by Crippen LogP contribution is -2.27. The molecule has 0 N–H and O–H groups in total. The number of hydrogen-bond acceptors (Lipinski definition) is 3. The van der Waals surface area contributed by atoms with E-state index >= 15 is 0 Å². The zero-order valence-electron chi connectivity index (χ0n) is 9.97. The second-order valence-corrected chi connectivity index (χ2v) is 6.76. The molecule has 0 amide bonds. The lowest BCUT2D eigenvalue weighted by atomic mass is 10.4. The summed E-state index contributed by atoms with van der Waals surface area (Å²) in [6.07, 6.45) is 0. The molecule has 1 rings (SSSR count). The van der Waals surface area contributed by atoms with Crippen LogP contribution >= 0.6 is 9.24 Å². The molecule has 0 aromatic heterocycles. The van der Waals surface area contributed by atoms with Crippen molar-refractivity contribution in [2.24, 2.45) is 0 Å². The highest BCUT2D eigenvalue weighted by Crippen LogP contribution is 2.05. The standard InChI is InChI=1S/C6H7O3PS.C4H12N/c7-11(8,9)6-3-1-2-5(10)4-6;1-5(2,3)4/h1-4H,10H2,(H,7,8,9);1-4H3/q;+1/p-1. The molecule has 0 aliphatic rings. The summed E-state index contributed by atoms with van der Waals surface area (Å²) in [5.74, 6) is 0. The van der Waals surface area contributed by atoms with Crippen molar-refractivity contribution in [3.05, 3.63) is 24.3 Å². The Morgan fingerprint density at radius 2 is 1.62 bits per heavy atom. The summed E-state index contributed by atoms with van der Waals surface area (Å²) in [5, 5.41) is 0.682. The molecule has 0 saturated carbocycles. The largest absolute Gasteiger partial charge is 0.744 e. The average molecular weight is 263 g/mol. The van der Waals surface area contributed by atoms with E-state index in [2.05, 4.69) is 37.4 Å². The number of quaternary nitrogens is 1. The molecule has 0 radical (unpaired) electrons. The molecular formula is C10H18NO3PS. The Labute approximate surface area is 99.8 Å². The summed E-state index contributed by atoms with van der Waals surface area (Å²) >= 11 is 0. The summed E-state index contributed by atoms with van der Waals surface area (Å²) in [6, 6.07) is 5.80. The second-order valence-electron chi connectivity index (χ2n) is 4.71. The fourth-order valence-electron chi connectivity index (χ4n) is 0.670. The molecule has 1 atom stereocenters. The Morgan fingerprint density at radius 1 is 1.19 bits per heavy atom. The summed E-state index contributed by atoms with van der Waals surface area (Å²) in [7, 11) is 6.53. The fraction of sp³-hybridized carbons (Fsp3) is 0.400. The first-order valence-corrected chi connectivity index (χ1v) is 6.59. The van der Waals surface area contributed by atoms with Gasteiger partial charge in [0.15, 0.2) is 0 Å². The van der Waals surface area contributed by atoms with Crippen LogP contribution in [0.2, 0.25) is 0 Å². The van der Waals surface area contributed by atoms with Crippen LogP contribution in [0, 0.1) is 0 Å². The first kappa shape index (κ1) is 15.5. The van der Waals surface area contributed by atoms with Crippen LogP contribution in [0.3, 0.4) is 0 Å². The normalized spacial score (nSPS) is 11.6. The summed E-state index contributed by atoms with van der Waals surface area (Å²) in [6.45, 7) is 0. The quantitative estimate of drug-likeness (QED) is 0.419. The number of nitrogens with zero attached hydrogens (tertiary/aromatic N) is 1. The maximum atomic E-state index is 10.4. The van der Waals surface area contributed by atoms with Crippen LogP contribution in [-0.4, -0.2) is 45.6 Å². The van der Waals surface area contributed by atoms with Crippen molar-refractivity contribution in [2.75, 3.05) is 28.2 Å². The van der Waals surface area contributed by atoms with Crippen LogP contribution in [-0.2, 0) is 10.1 Å². The van der Waals surface area contributed by atoms with Crippen molar-refractivity contribution in [3.63, 3.8) is 0 Å². The average Bonchev–Trinajstić information content (AvgIpc) is 1.99. The minimum absolute atomic E-state index is 0.190. The van der Waals surface area contributed by atoms with E-state index in [0.29, 0.717) is 5.30 Å². The van der Waals surface area contributed by atoms with Gasteiger partial charge in [0.05, 0.1) is 33.1 Å². The van der Waals surface area contributed by atoms with Gasteiger partial charge in [-0.3, -0.25) is 0 Å². The highest BCUT2D eigenvalue weighted by molar-refractivity contribution is 7.85. The lowest BCUT2D eigenvalue weighted by molar-refractivity contribution is -0.849. The number of hydrogen-bond donors (Lipinski definition) is 0. The molecule has 4 nitrogen and oxygen atoms in total. The van der Waals surface area contributed by atoms with E-state index in [-0.39, 0.29) is 4.90 Å². The van der Waals surface area contributed by atoms with E-state index in [1.165, 1.54) is 18.2 Å². The Bertz CT molecular complexity index is 432. The van der Waals surface area contributed by atoms with Gasteiger partial charge in [0.1, 0.15) is 10.1 Å². The van der Waals surface area contributed by atoms with Crippen LogP contribution in [0.4, 0.5) is 0 Å². The van der Waals surface area contributed by atoms with Gasteiger partial charge < -0.3 is 9.04 Å². The van der Waals surface area contributed by atoms with Crippen LogP contribution in [0.1, 0.15) is 0 Å². The van der Waals surface area contributed by atoms with Gasteiger partial charge in [-0.25, -0.2) is 8.42 Å². The molecule has 1 aromatic carbocycles. The first-order chi connectivity index (χ1) is 7.00. The van der Waals surface area contributed by atoms with E-state index < -0.39 is 10.1 Å². The molecule has 0 fully saturated rings. The van der Waals surface area contributed by atoms with Crippen molar-refractivity contribution >= 4 is 24.7 Å². The fourth-order valence-corrected chi connectivity index (χ4v) is 1.61. The van der Waals surface area contributed by atoms with E-state index in [1.807, 2.05) is 0 Å². The molecule has 0 spiro atoms. The van der Waals surface area contributed by atoms with Crippen molar-refractivity contribution < 1.29 is 17.5 Å². The Balaban J connectivity index is 0.000000385. The van der Waals surface area contributed by atoms with Crippen molar-refractivity contribution in [1.82, 2.24) is 0 Å². The van der Waals surface area contributed by atoms with E-state index in [1.54, 1.807) is 6.07 Å². The molecule has 0 saturated heterocycles. The first-order valence-electron chi connectivity index (χ1n) is 4.60. The topological polar surface area (TPSA) is 57.2 Å². The molecule has 0 aliphatic carbocycles. The molecule has 0 heterocycles. The highest BCUT2D eigenvalue weighted by Gasteiger charge is 1.98. The molecule has 16 heavy (non-hydrogen) atoms. The molecule has 6 heteroatoms. The number of benzene rings is 1. The highest BCUT2D eigenvalue weighted by atomic mass is 32.2. The maximum absolute atomic E-state index is 10.4. The lowest BCUT2D eigenvalue weighted by Gasteiger charge is -2.14. The minimum atomic E-state index is -4.29. The zero-order valence-corrected chi connectivity index (χ0v) is 11.9. The van der Waals surface area contributed by atoms with Crippen LogP contribution < -0.4 is 5.30 Å². The third kappa shape index (κ3) is 8.80. The van der Waals surface area contributed by atoms with Gasteiger partial charge in [0, 0.05) is 0 Å². The molecule has 92 valence electrons. The smallest absolute Gasteiger partial charge is 0.124 e. The van der Waals surface area contributed by atoms with Crippen LogP contribution in [0.15, 0.2) is 29.2 Å². The monoisotopic (exact) mass is 263 g/mol. The van der Waals surface area contributed by atoms with Crippen molar-refractivity contribution in [1.29, 1.82) is 0 Å². The minimum Gasteiger partial charge on any atom is -0.744 e. The molecule has 1 aromatic rings. The van der Waals surface area contributed by atoms with Crippen LogP contribution in [0.25, 0.3) is 0 Å². The summed E-state index contributed by atoms with van der Waals surface area (Å²) < 4.78 is 32.3. The van der Waals surface area contributed by atoms with E-state index in [4.69, 9.17) is 0 Å². The van der Waals surface area contributed by atoms with Gasteiger partial charge in [-0.2, -0.15) is 0 Å². The summed E-state index contributed by atoms with van der Waals surface area (Å²) in [4.78, 5) is -0.190. The van der Waals surface area contributed by atoms with Crippen molar-refractivity contribution in [2.45, 2.75) is 4.90 Å². The van der Waals surface area contributed by atoms with Gasteiger partial charge in [0.2, 0.25) is 0 Å². The van der Waals surface area contributed by atoms with Gasteiger partial charge in [-0.05, 0) is 17.4 Å². The Hall–Kier alpha value is -0.480. The predicted molar refractivity (Wildman–Crippen MR) is 67.7 cm³/mol. The number of rotatable bonds is 1. The molecule has 1 unspecified atom stereocenters. The Morgan fingerprint density at radius 3 is 1.88 bits per heavy atom.